The highest BCUT2D eigenvalue weighted by molar-refractivity contribution is 5.97. The van der Waals surface area contributed by atoms with Crippen LogP contribution in [0.15, 0.2) is 47.4 Å². The van der Waals surface area contributed by atoms with Crippen molar-refractivity contribution in [3.05, 3.63) is 81.0 Å². The van der Waals surface area contributed by atoms with Gasteiger partial charge >= 0.3 is 6.18 Å². The molecule has 0 spiro atoms. The van der Waals surface area contributed by atoms with E-state index in [1.165, 1.54) is 11.6 Å². The van der Waals surface area contributed by atoms with Gasteiger partial charge in [-0.1, -0.05) is 0 Å². The number of rotatable bonds is 4. The van der Waals surface area contributed by atoms with Crippen LogP contribution in [0.3, 0.4) is 0 Å². The summed E-state index contributed by atoms with van der Waals surface area (Å²) in [7, 11) is 1.72. The number of nitrogens with zero attached hydrogens (tertiary/aromatic N) is 3. The Bertz CT molecular complexity index is 1560. The van der Waals surface area contributed by atoms with Crippen LogP contribution in [-0.2, 0) is 26.1 Å². The number of halogens is 3. The Kier molecular flexibility index (Phi) is 5.73. The quantitative estimate of drug-likeness (QED) is 0.363. The topological polar surface area (TPSA) is 85.8 Å². The lowest BCUT2D eigenvalue weighted by atomic mass is 9.94. The molecule has 186 valence electrons. The predicted octanol–water partition coefficient (Wildman–Crippen LogP) is 5.57. The van der Waals surface area contributed by atoms with Crippen molar-refractivity contribution in [2.75, 3.05) is 11.1 Å². The van der Waals surface area contributed by atoms with Crippen LogP contribution in [0.5, 0.6) is 0 Å². The van der Waals surface area contributed by atoms with E-state index in [4.69, 9.17) is 10.7 Å². The van der Waals surface area contributed by atoms with Crippen LogP contribution in [0.1, 0.15) is 47.5 Å². The molecule has 1 unspecified atom stereocenters. The molecule has 5 rings (SSSR count). The van der Waals surface area contributed by atoms with Crippen LogP contribution >= 0.6 is 0 Å². The molecule has 36 heavy (non-hydrogen) atoms. The van der Waals surface area contributed by atoms with Crippen LogP contribution in [0.4, 0.5) is 24.7 Å². The summed E-state index contributed by atoms with van der Waals surface area (Å²) < 4.78 is 41.7. The zero-order chi connectivity index (χ0) is 25.8. The molecular weight excluding hydrogens is 467 g/mol. The van der Waals surface area contributed by atoms with E-state index in [0.717, 1.165) is 59.0 Å². The van der Waals surface area contributed by atoms with Crippen molar-refractivity contribution in [2.45, 2.75) is 45.3 Å². The first-order valence-corrected chi connectivity index (χ1v) is 11.8. The van der Waals surface area contributed by atoms with Crippen molar-refractivity contribution in [2.24, 2.45) is 7.05 Å². The number of anilines is 2. The molecule has 1 aliphatic carbocycles. The van der Waals surface area contributed by atoms with Crippen LogP contribution in [0.25, 0.3) is 22.0 Å². The third kappa shape index (κ3) is 4.29. The Morgan fingerprint density at radius 1 is 1.08 bits per heavy atom. The van der Waals surface area contributed by atoms with Crippen LogP contribution in [0, 0.1) is 6.92 Å². The minimum atomic E-state index is -4.49. The molecule has 1 aliphatic rings. The summed E-state index contributed by atoms with van der Waals surface area (Å²) in [6, 6.07) is 8.47. The number of nitrogens with one attached hydrogen (secondary N) is 1. The number of hydrogen-bond donors (Lipinski definition) is 2. The zero-order valence-corrected chi connectivity index (χ0v) is 20.2. The Morgan fingerprint density at radius 2 is 1.83 bits per heavy atom. The lowest BCUT2D eigenvalue weighted by Gasteiger charge is -2.20. The summed E-state index contributed by atoms with van der Waals surface area (Å²) in [4.78, 5) is 21.3. The molecule has 3 N–H and O–H groups in total. The first kappa shape index (κ1) is 23.8. The summed E-state index contributed by atoms with van der Waals surface area (Å²) >= 11 is 0. The summed E-state index contributed by atoms with van der Waals surface area (Å²) in [5.74, 6) is 1.12. The van der Waals surface area contributed by atoms with Crippen molar-refractivity contribution >= 4 is 22.4 Å². The molecule has 6 nitrogen and oxygen atoms in total. The second-order valence-corrected chi connectivity index (χ2v) is 9.37. The van der Waals surface area contributed by atoms with Gasteiger partial charge in [-0.15, -0.1) is 0 Å². The van der Waals surface area contributed by atoms with Crippen molar-refractivity contribution in [1.82, 2.24) is 14.5 Å². The number of pyridine rings is 1. The van der Waals surface area contributed by atoms with Crippen LogP contribution < -0.4 is 16.6 Å². The maximum Gasteiger partial charge on any atom is 0.416 e. The minimum absolute atomic E-state index is 0.0481. The molecular formula is C27H26F3N5O. The number of nitrogens with two attached hydrogens (primary N) is 1. The smallest absolute Gasteiger partial charge is 0.399 e. The number of aryl methyl sites for hydroxylation is 3. The van der Waals surface area contributed by atoms with Crippen molar-refractivity contribution in [3.63, 3.8) is 0 Å². The lowest BCUT2D eigenvalue weighted by molar-refractivity contribution is -0.137. The lowest BCUT2D eigenvalue weighted by Crippen LogP contribution is -2.14. The average Bonchev–Trinajstić information content (AvgIpc) is 3.30. The Balaban J connectivity index is 1.65. The third-order valence-corrected chi connectivity index (χ3v) is 6.73. The Labute approximate surface area is 206 Å². The van der Waals surface area contributed by atoms with Gasteiger partial charge < -0.3 is 15.6 Å². The third-order valence-electron chi connectivity index (χ3n) is 6.73. The number of alkyl halides is 3. The summed E-state index contributed by atoms with van der Waals surface area (Å²) in [6.07, 6.45) is 0.112. The number of aromatic nitrogens is 3. The van der Waals surface area contributed by atoms with Gasteiger partial charge in [0.25, 0.3) is 0 Å². The van der Waals surface area contributed by atoms with Crippen molar-refractivity contribution in [3.8, 4) is 11.1 Å². The highest BCUT2D eigenvalue weighted by Crippen LogP contribution is 2.40. The van der Waals surface area contributed by atoms with E-state index in [0.29, 0.717) is 17.2 Å². The molecule has 0 bridgehead atoms. The largest absolute Gasteiger partial charge is 0.416 e. The Morgan fingerprint density at radius 3 is 2.56 bits per heavy atom. The summed E-state index contributed by atoms with van der Waals surface area (Å²) in [5, 5.41) is 4.10. The molecule has 0 saturated heterocycles. The van der Waals surface area contributed by atoms with Crippen molar-refractivity contribution < 1.29 is 13.2 Å². The molecule has 9 heteroatoms. The normalized spacial score (nSPS) is 14.2. The molecule has 0 fully saturated rings. The molecule has 0 aliphatic heterocycles. The molecule has 2 aromatic carbocycles. The number of benzene rings is 2. The van der Waals surface area contributed by atoms with E-state index in [9.17, 15) is 18.0 Å². The maximum atomic E-state index is 13.4. The fourth-order valence-corrected chi connectivity index (χ4v) is 4.98. The first-order valence-electron chi connectivity index (χ1n) is 11.8. The van der Waals surface area contributed by atoms with E-state index in [1.54, 1.807) is 31.5 Å². The van der Waals surface area contributed by atoms with Gasteiger partial charge in [-0.2, -0.15) is 13.2 Å². The highest BCUT2D eigenvalue weighted by Gasteiger charge is 2.31. The zero-order valence-electron chi connectivity index (χ0n) is 20.2. The summed E-state index contributed by atoms with van der Waals surface area (Å²) in [6.45, 7) is 3.58. The van der Waals surface area contributed by atoms with E-state index < -0.39 is 17.8 Å². The molecule has 4 aromatic rings. The second-order valence-electron chi connectivity index (χ2n) is 9.37. The maximum absolute atomic E-state index is 13.4. The SMILES string of the molecule is Cc1nc(NC(C)c2cc(N)cc(C(F)(F)F)c2)c2cc(-c3ccc(=O)n(C)c3)c3c(c2n1)CCC3. The predicted molar refractivity (Wildman–Crippen MR) is 135 cm³/mol. The van der Waals surface area contributed by atoms with Gasteiger partial charge in [-0.05, 0) is 91.3 Å². The van der Waals surface area contributed by atoms with Crippen LogP contribution in [0.2, 0.25) is 0 Å². The van der Waals surface area contributed by atoms with Gasteiger partial charge in [0.1, 0.15) is 11.6 Å². The van der Waals surface area contributed by atoms with Gasteiger partial charge in [-0.25, -0.2) is 9.97 Å². The molecule has 1 atom stereocenters. The van der Waals surface area contributed by atoms with E-state index in [2.05, 4.69) is 10.3 Å². The van der Waals surface area contributed by atoms with E-state index in [-0.39, 0.29) is 11.2 Å². The van der Waals surface area contributed by atoms with E-state index in [1.807, 2.05) is 18.3 Å². The minimum Gasteiger partial charge on any atom is -0.399 e. The molecule has 0 radical (unpaired) electrons. The summed E-state index contributed by atoms with van der Waals surface area (Å²) in [5.41, 5.74) is 10.5. The molecule has 0 saturated carbocycles. The fraction of sp³-hybridized carbons (Fsp3) is 0.296. The van der Waals surface area contributed by atoms with Crippen LogP contribution in [-0.4, -0.2) is 14.5 Å². The monoisotopic (exact) mass is 493 g/mol. The van der Waals surface area contributed by atoms with Gasteiger partial charge in [-0.3, -0.25) is 4.79 Å². The van der Waals surface area contributed by atoms with E-state index >= 15 is 0 Å². The first-order chi connectivity index (χ1) is 17.0. The van der Waals surface area contributed by atoms with Gasteiger partial charge in [0.05, 0.1) is 17.1 Å². The average molecular weight is 494 g/mol. The molecule has 2 aromatic heterocycles. The second kappa shape index (κ2) is 8.65. The number of nitrogen functional groups attached to an aromatic ring is 1. The van der Waals surface area contributed by atoms with Gasteiger partial charge in [0.2, 0.25) is 5.56 Å². The van der Waals surface area contributed by atoms with Crippen molar-refractivity contribution in [1.29, 1.82) is 0 Å². The molecule has 2 heterocycles. The van der Waals surface area contributed by atoms with Gasteiger partial charge in [0, 0.05) is 30.4 Å². The standard InChI is InChI=1S/C27H26F3N5O/c1-14(17-9-18(27(28,29)30)11-19(31)10-17)32-26-23-12-22(16-7-8-24(36)35(3)13-16)20-5-4-6-21(20)25(23)33-15(2)34-26/h7-14H,4-6,31H2,1-3H3,(H,32,33,34). The number of fused-ring (bicyclic) bond motifs is 3. The van der Waals surface area contributed by atoms with Gasteiger partial charge in [0.15, 0.2) is 0 Å². The highest BCUT2D eigenvalue weighted by atomic mass is 19.4. The molecule has 0 amide bonds. The Hall–Kier alpha value is -3.88. The number of hydrogen-bond acceptors (Lipinski definition) is 5. The fourth-order valence-electron chi connectivity index (χ4n) is 4.98.